The summed E-state index contributed by atoms with van der Waals surface area (Å²) in [6, 6.07) is 7.70. The quantitative estimate of drug-likeness (QED) is 0.695. The first-order chi connectivity index (χ1) is 13.5. The van der Waals surface area contributed by atoms with E-state index in [4.69, 9.17) is 4.74 Å². The van der Waals surface area contributed by atoms with Crippen LogP contribution in [0, 0.1) is 11.8 Å². The molecular weight excluding hydrogens is 354 g/mol. The van der Waals surface area contributed by atoms with Crippen LogP contribution in [0.15, 0.2) is 24.3 Å². The molecule has 28 heavy (non-hydrogen) atoms. The maximum Gasteiger partial charge on any atom is 0.225 e. The minimum atomic E-state index is -0.235. The highest BCUT2D eigenvalue weighted by atomic mass is 16.5. The number of piperidine rings is 1. The monoisotopic (exact) mass is 387 g/mol. The van der Waals surface area contributed by atoms with E-state index in [0.717, 1.165) is 30.2 Å². The number of nitrogens with zero attached hydrogens (tertiary/aromatic N) is 2. The number of carbonyl (C=O) groups excluding carboxylic acids is 2. The van der Waals surface area contributed by atoms with Crippen molar-refractivity contribution in [1.29, 1.82) is 0 Å². The fraction of sp³-hybridized carbons (Fsp3) is 0.636. The number of methoxy groups -OCH3 is 1. The van der Waals surface area contributed by atoms with Crippen LogP contribution in [-0.4, -0.2) is 61.4 Å². The van der Waals surface area contributed by atoms with E-state index in [2.05, 4.69) is 17.1 Å². The zero-order chi connectivity index (χ0) is 19.9. The van der Waals surface area contributed by atoms with Gasteiger partial charge < -0.3 is 19.9 Å². The van der Waals surface area contributed by atoms with Crippen LogP contribution >= 0.6 is 0 Å². The third kappa shape index (κ3) is 5.71. The topological polar surface area (TPSA) is 61.9 Å². The number of benzene rings is 1. The van der Waals surface area contributed by atoms with Gasteiger partial charge in [-0.15, -0.1) is 0 Å². The van der Waals surface area contributed by atoms with Crippen LogP contribution in [0.25, 0.3) is 0 Å². The van der Waals surface area contributed by atoms with Gasteiger partial charge in [0.15, 0.2) is 0 Å². The summed E-state index contributed by atoms with van der Waals surface area (Å²) in [5, 5.41) is 3.03. The Morgan fingerprint density at radius 2 is 1.93 bits per heavy atom. The van der Waals surface area contributed by atoms with Crippen molar-refractivity contribution in [3.63, 3.8) is 0 Å². The van der Waals surface area contributed by atoms with Gasteiger partial charge in [-0.1, -0.05) is 19.1 Å². The van der Waals surface area contributed by atoms with Gasteiger partial charge in [0.1, 0.15) is 5.75 Å². The van der Waals surface area contributed by atoms with Crippen LogP contribution in [0.1, 0.15) is 38.2 Å². The van der Waals surface area contributed by atoms with Crippen LogP contribution in [0.2, 0.25) is 0 Å². The van der Waals surface area contributed by atoms with Gasteiger partial charge in [0.25, 0.3) is 0 Å². The number of carbonyl (C=O) groups is 2. The number of hydrogen-bond donors (Lipinski definition) is 1. The summed E-state index contributed by atoms with van der Waals surface area (Å²) in [5.74, 6) is 1.47. The molecule has 0 radical (unpaired) electrons. The van der Waals surface area contributed by atoms with Crippen molar-refractivity contribution in [1.82, 2.24) is 15.1 Å². The Labute approximate surface area is 168 Å². The van der Waals surface area contributed by atoms with E-state index in [1.54, 1.807) is 12.0 Å². The Kier molecular flexibility index (Phi) is 7.31. The molecule has 1 atom stereocenters. The highest BCUT2D eigenvalue weighted by molar-refractivity contribution is 5.89. The molecule has 6 heteroatoms. The normalized spacial score (nSPS) is 21.1. The Hall–Kier alpha value is -2.08. The Morgan fingerprint density at radius 3 is 2.61 bits per heavy atom. The minimum absolute atomic E-state index is 0.0119. The zero-order valence-electron chi connectivity index (χ0n) is 17.2. The highest BCUT2D eigenvalue weighted by Gasteiger charge is 2.34. The lowest BCUT2D eigenvalue weighted by Crippen LogP contribution is -2.37. The number of nitrogens with one attached hydrogen (secondary N) is 1. The van der Waals surface area contributed by atoms with Gasteiger partial charge in [-0.3, -0.25) is 9.59 Å². The standard InChI is InChI=1S/C22H33N3O3/c1-17-8-12-24(13-9-17)11-3-10-23-22(27)19-14-21(26)25(16-19)15-18-4-6-20(28-2)7-5-18/h4-7,17,19H,3,8-16H2,1-2H3,(H,23,27)/t19-/m1/s1. The second kappa shape index (κ2) is 9.92. The zero-order valence-corrected chi connectivity index (χ0v) is 17.2. The van der Waals surface area contributed by atoms with Crippen LogP contribution in [0.5, 0.6) is 5.75 Å². The first-order valence-corrected chi connectivity index (χ1v) is 10.5. The molecule has 2 heterocycles. The molecule has 1 aromatic carbocycles. The molecule has 6 nitrogen and oxygen atoms in total. The highest BCUT2D eigenvalue weighted by Crippen LogP contribution is 2.21. The van der Waals surface area contributed by atoms with E-state index in [1.807, 2.05) is 24.3 Å². The van der Waals surface area contributed by atoms with Gasteiger partial charge in [0.2, 0.25) is 11.8 Å². The molecule has 3 rings (SSSR count). The van der Waals surface area contributed by atoms with Crippen molar-refractivity contribution in [3.8, 4) is 5.75 Å². The van der Waals surface area contributed by atoms with E-state index >= 15 is 0 Å². The third-order valence-electron chi connectivity index (χ3n) is 5.94. The first kappa shape index (κ1) is 20.6. The van der Waals surface area contributed by atoms with E-state index in [-0.39, 0.29) is 17.7 Å². The smallest absolute Gasteiger partial charge is 0.225 e. The van der Waals surface area contributed by atoms with Crippen molar-refractivity contribution in [2.75, 3.05) is 39.8 Å². The SMILES string of the molecule is COc1ccc(CN2C[C@H](C(=O)NCCCN3CCC(C)CC3)CC2=O)cc1. The Balaban J connectivity index is 1.37. The van der Waals surface area contributed by atoms with Crippen molar-refractivity contribution in [2.45, 2.75) is 39.2 Å². The summed E-state index contributed by atoms with van der Waals surface area (Å²) in [4.78, 5) is 29.0. The Bertz CT molecular complexity index is 653. The summed E-state index contributed by atoms with van der Waals surface area (Å²) in [7, 11) is 1.63. The summed E-state index contributed by atoms with van der Waals surface area (Å²) < 4.78 is 5.16. The fourth-order valence-electron chi connectivity index (χ4n) is 4.00. The lowest BCUT2D eigenvalue weighted by atomic mass is 9.99. The molecule has 0 aromatic heterocycles. The van der Waals surface area contributed by atoms with Gasteiger partial charge in [-0.25, -0.2) is 0 Å². The van der Waals surface area contributed by atoms with E-state index < -0.39 is 0 Å². The van der Waals surface area contributed by atoms with E-state index in [9.17, 15) is 9.59 Å². The molecule has 1 aromatic rings. The second-order valence-corrected chi connectivity index (χ2v) is 8.19. The van der Waals surface area contributed by atoms with Gasteiger partial charge >= 0.3 is 0 Å². The summed E-state index contributed by atoms with van der Waals surface area (Å²) in [6.45, 7) is 7.44. The summed E-state index contributed by atoms with van der Waals surface area (Å²) in [5.41, 5.74) is 1.05. The number of likely N-dealkylation sites (tertiary alicyclic amines) is 2. The lowest BCUT2D eigenvalue weighted by Gasteiger charge is -2.30. The number of hydrogen-bond acceptors (Lipinski definition) is 4. The van der Waals surface area contributed by atoms with Gasteiger partial charge in [-0.2, -0.15) is 0 Å². The van der Waals surface area contributed by atoms with Crippen LogP contribution in [0.3, 0.4) is 0 Å². The fourth-order valence-corrected chi connectivity index (χ4v) is 4.00. The number of rotatable bonds is 8. The second-order valence-electron chi connectivity index (χ2n) is 8.19. The van der Waals surface area contributed by atoms with Crippen LogP contribution < -0.4 is 10.1 Å². The number of amides is 2. The van der Waals surface area contributed by atoms with Crippen LogP contribution in [-0.2, 0) is 16.1 Å². The van der Waals surface area contributed by atoms with Crippen molar-refractivity contribution >= 4 is 11.8 Å². The predicted octanol–water partition coefficient (Wildman–Crippen LogP) is 2.28. The summed E-state index contributed by atoms with van der Waals surface area (Å²) >= 11 is 0. The van der Waals surface area contributed by atoms with E-state index in [1.165, 1.54) is 25.9 Å². The van der Waals surface area contributed by atoms with Gasteiger partial charge in [0.05, 0.1) is 13.0 Å². The molecule has 0 bridgehead atoms. The average molecular weight is 388 g/mol. The number of ether oxygens (including phenoxy) is 1. The molecule has 0 saturated carbocycles. The molecule has 0 unspecified atom stereocenters. The molecule has 1 N–H and O–H groups in total. The largest absolute Gasteiger partial charge is 0.497 e. The van der Waals surface area contributed by atoms with Crippen molar-refractivity contribution in [2.24, 2.45) is 11.8 Å². The summed E-state index contributed by atoms with van der Waals surface area (Å²) in [6.07, 6.45) is 3.84. The van der Waals surface area contributed by atoms with Gasteiger partial charge in [0, 0.05) is 26.1 Å². The molecule has 2 fully saturated rings. The minimum Gasteiger partial charge on any atom is -0.497 e. The molecule has 2 saturated heterocycles. The molecule has 2 aliphatic rings. The molecule has 0 spiro atoms. The maximum atomic E-state index is 12.4. The van der Waals surface area contributed by atoms with E-state index in [0.29, 0.717) is 26.1 Å². The first-order valence-electron chi connectivity index (χ1n) is 10.5. The molecular formula is C22H33N3O3. The molecule has 0 aliphatic carbocycles. The molecule has 154 valence electrons. The Morgan fingerprint density at radius 1 is 1.21 bits per heavy atom. The van der Waals surface area contributed by atoms with Crippen molar-refractivity contribution < 1.29 is 14.3 Å². The average Bonchev–Trinajstić information content (AvgIpc) is 3.07. The molecule has 2 amide bonds. The lowest BCUT2D eigenvalue weighted by molar-refractivity contribution is -0.129. The van der Waals surface area contributed by atoms with Crippen LogP contribution in [0.4, 0.5) is 0 Å². The molecule has 2 aliphatic heterocycles. The van der Waals surface area contributed by atoms with Crippen molar-refractivity contribution in [3.05, 3.63) is 29.8 Å². The predicted molar refractivity (Wildman–Crippen MR) is 109 cm³/mol. The van der Waals surface area contributed by atoms with Gasteiger partial charge in [-0.05, 0) is 62.5 Å². The maximum absolute atomic E-state index is 12.4. The third-order valence-corrected chi connectivity index (χ3v) is 5.94.